The average Bonchev–Trinajstić information content (AvgIpc) is 2.40. The van der Waals surface area contributed by atoms with Crippen LogP contribution in [0.25, 0.3) is 0 Å². The van der Waals surface area contributed by atoms with E-state index < -0.39 is 0 Å². The van der Waals surface area contributed by atoms with Gasteiger partial charge < -0.3 is 10.1 Å². The minimum absolute atomic E-state index is 0.120. The highest BCUT2D eigenvalue weighted by atomic mass is 35.5. The van der Waals surface area contributed by atoms with Crippen LogP contribution in [0, 0.1) is 5.92 Å². The number of rotatable bonds is 4. The van der Waals surface area contributed by atoms with E-state index in [0.717, 1.165) is 25.1 Å². The Morgan fingerprint density at radius 2 is 2.11 bits per heavy atom. The normalized spacial score (nSPS) is 23.8. The first-order valence-electron chi connectivity index (χ1n) is 6.88. The van der Waals surface area contributed by atoms with Gasteiger partial charge in [-0.05, 0) is 30.5 Å². The summed E-state index contributed by atoms with van der Waals surface area (Å²) in [5.41, 5.74) is 1.13. The van der Waals surface area contributed by atoms with E-state index in [9.17, 15) is 0 Å². The minimum atomic E-state index is 0.120. The molecule has 0 amide bonds. The van der Waals surface area contributed by atoms with E-state index in [-0.39, 0.29) is 6.10 Å². The summed E-state index contributed by atoms with van der Waals surface area (Å²) in [4.78, 5) is 0. The van der Waals surface area contributed by atoms with E-state index in [2.05, 4.69) is 19.2 Å². The Bertz CT molecular complexity index is 423. The Morgan fingerprint density at radius 1 is 1.32 bits per heavy atom. The highest BCUT2D eigenvalue weighted by Crippen LogP contribution is 2.35. The smallest absolute Gasteiger partial charge is 0.0865 e. The van der Waals surface area contributed by atoms with E-state index in [1.54, 1.807) is 0 Å². The minimum Gasteiger partial charge on any atom is -0.373 e. The lowest BCUT2D eigenvalue weighted by atomic mass is 9.89. The van der Waals surface area contributed by atoms with Crippen molar-refractivity contribution in [1.29, 1.82) is 0 Å². The fourth-order valence-electron chi connectivity index (χ4n) is 2.50. The monoisotopic (exact) mass is 301 g/mol. The van der Waals surface area contributed by atoms with E-state index in [4.69, 9.17) is 27.9 Å². The Labute approximate surface area is 125 Å². The molecule has 0 aliphatic carbocycles. The lowest BCUT2D eigenvalue weighted by Crippen LogP contribution is -2.35. The van der Waals surface area contributed by atoms with E-state index in [1.165, 1.54) is 6.42 Å². The van der Waals surface area contributed by atoms with Crippen LogP contribution in [0.4, 0.5) is 0 Å². The maximum Gasteiger partial charge on any atom is 0.0865 e. The molecule has 2 unspecified atom stereocenters. The number of ether oxygens (including phenoxy) is 1. The van der Waals surface area contributed by atoms with Crippen LogP contribution >= 0.6 is 23.2 Å². The van der Waals surface area contributed by atoms with Crippen LogP contribution in [0.2, 0.25) is 10.0 Å². The van der Waals surface area contributed by atoms with Crippen molar-refractivity contribution in [3.63, 3.8) is 0 Å². The van der Waals surface area contributed by atoms with Crippen LogP contribution in [0.1, 0.15) is 38.4 Å². The first-order valence-corrected chi connectivity index (χ1v) is 7.63. The van der Waals surface area contributed by atoms with Crippen LogP contribution in [-0.2, 0) is 4.74 Å². The second kappa shape index (κ2) is 6.94. The molecule has 0 aromatic heterocycles. The van der Waals surface area contributed by atoms with Crippen LogP contribution < -0.4 is 5.32 Å². The van der Waals surface area contributed by atoms with Gasteiger partial charge in [-0.1, -0.05) is 43.1 Å². The zero-order valence-corrected chi connectivity index (χ0v) is 13.0. The first kappa shape index (κ1) is 15.1. The van der Waals surface area contributed by atoms with Crippen LogP contribution in [0.5, 0.6) is 0 Å². The molecule has 1 fully saturated rings. The lowest BCUT2D eigenvalue weighted by molar-refractivity contribution is -0.0282. The third-order valence-electron chi connectivity index (χ3n) is 3.51. The number of hydrogen-bond acceptors (Lipinski definition) is 2. The van der Waals surface area contributed by atoms with E-state index >= 15 is 0 Å². The second-order valence-corrected chi connectivity index (χ2v) is 6.24. The molecule has 2 rings (SSSR count). The summed E-state index contributed by atoms with van der Waals surface area (Å²) >= 11 is 12.1. The largest absolute Gasteiger partial charge is 0.373 e. The number of benzene rings is 1. The summed E-state index contributed by atoms with van der Waals surface area (Å²) in [6.07, 6.45) is 2.43. The molecular weight excluding hydrogens is 281 g/mol. The molecule has 19 heavy (non-hydrogen) atoms. The molecule has 4 heteroatoms. The van der Waals surface area contributed by atoms with Crippen molar-refractivity contribution in [1.82, 2.24) is 5.32 Å². The fourth-order valence-corrected chi connectivity index (χ4v) is 2.80. The summed E-state index contributed by atoms with van der Waals surface area (Å²) in [6, 6.07) is 6.30. The topological polar surface area (TPSA) is 21.3 Å². The first-order chi connectivity index (χ1) is 9.08. The Kier molecular flexibility index (Phi) is 5.52. The Balaban J connectivity index is 2.11. The van der Waals surface area contributed by atoms with Gasteiger partial charge in [0.25, 0.3) is 0 Å². The molecule has 1 saturated heterocycles. The summed E-state index contributed by atoms with van der Waals surface area (Å²) in [6.45, 7) is 6.13. The molecule has 1 aromatic carbocycles. The SMILES string of the molecule is CC(C)NCC1CCCOC1c1ccc(Cl)c(Cl)c1. The van der Waals surface area contributed by atoms with Crippen molar-refractivity contribution in [2.24, 2.45) is 5.92 Å². The molecule has 2 atom stereocenters. The molecule has 0 bridgehead atoms. The average molecular weight is 302 g/mol. The molecule has 0 saturated carbocycles. The maximum absolute atomic E-state index is 6.11. The fraction of sp³-hybridized carbons (Fsp3) is 0.600. The zero-order valence-electron chi connectivity index (χ0n) is 11.5. The van der Waals surface area contributed by atoms with Crippen molar-refractivity contribution in [3.8, 4) is 0 Å². The lowest BCUT2D eigenvalue weighted by Gasteiger charge is -2.33. The number of nitrogens with one attached hydrogen (secondary N) is 1. The molecule has 1 aliphatic heterocycles. The quantitative estimate of drug-likeness (QED) is 0.886. The predicted octanol–water partition coefficient (Wildman–Crippen LogP) is 4.46. The molecule has 2 nitrogen and oxygen atoms in total. The molecule has 1 aromatic rings. The van der Waals surface area contributed by atoms with Crippen molar-refractivity contribution in [3.05, 3.63) is 33.8 Å². The summed E-state index contributed by atoms with van der Waals surface area (Å²) < 4.78 is 5.96. The van der Waals surface area contributed by atoms with Gasteiger partial charge in [0.2, 0.25) is 0 Å². The van der Waals surface area contributed by atoms with Gasteiger partial charge in [0.05, 0.1) is 16.1 Å². The van der Waals surface area contributed by atoms with Crippen LogP contribution in [0.15, 0.2) is 18.2 Å². The maximum atomic E-state index is 6.11. The Morgan fingerprint density at radius 3 is 2.79 bits per heavy atom. The van der Waals surface area contributed by atoms with E-state index in [0.29, 0.717) is 22.0 Å². The molecule has 1 heterocycles. The molecular formula is C15H21Cl2NO. The zero-order chi connectivity index (χ0) is 13.8. The predicted molar refractivity (Wildman–Crippen MR) is 81.0 cm³/mol. The van der Waals surface area contributed by atoms with Crippen molar-refractivity contribution in [2.45, 2.75) is 38.8 Å². The molecule has 0 spiro atoms. The van der Waals surface area contributed by atoms with Crippen LogP contribution in [-0.4, -0.2) is 19.2 Å². The molecule has 1 N–H and O–H groups in total. The van der Waals surface area contributed by atoms with Gasteiger partial charge in [-0.2, -0.15) is 0 Å². The molecule has 1 aliphatic rings. The summed E-state index contributed by atoms with van der Waals surface area (Å²) in [5, 5.41) is 4.70. The van der Waals surface area contributed by atoms with Gasteiger partial charge in [-0.3, -0.25) is 0 Å². The molecule has 0 radical (unpaired) electrons. The van der Waals surface area contributed by atoms with Gasteiger partial charge >= 0.3 is 0 Å². The van der Waals surface area contributed by atoms with Gasteiger partial charge in [-0.25, -0.2) is 0 Å². The van der Waals surface area contributed by atoms with Crippen molar-refractivity contribution < 1.29 is 4.74 Å². The second-order valence-electron chi connectivity index (χ2n) is 5.43. The van der Waals surface area contributed by atoms with Crippen molar-refractivity contribution >= 4 is 23.2 Å². The Hall–Kier alpha value is -0.280. The van der Waals surface area contributed by atoms with Gasteiger partial charge in [0.15, 0.2) is 0 Å². The van der Waals surface area contributed by atoms with Crippen molar-refractivity contribution in [2.75, 3.05) is 13.2 Å². The van der Waals surface area contributed by atoms with Crippen LogP contribution in [0.3, 0.4) is 0 Å². The number of halogens is 2. The highest BCUT2D eigenvalue weighted by molar-refractivity contribution is 6.42. The van der Waals surface area contributed by atoms with E-state index in [1.807, 2.05) is 18.2 Å². The number of hydrogen-bond donors (Lipinski definition) is 1. The summed E-state index contributed by atoms with van der Waals surface area (Å²) in [5.74, 6) is 0.494. The van der Waals surface area contributed by atoms with Gasteiger partial charge in [-0.15, -0.1) is 0 Å². The third-order valence-corrected chi connectivity index (χ3v) is 4.24. The molecule has 106 valence electrons. The highest BCUT2D eigenvalue weighted by Gasteiger charge is 2.27. The third kappa shape index (κ3) is 4.09. The van der Waals surface area contributed by atoms with Gasteiger partial charge in [0, 0.05) is 25.1 Å². The summed E-state index contributed by atoms with van der Waals surface area (Å²) in [7, 11) is 0. The standard InChI is InChI=1S/C15H21Cl2NO/c1-10(2)18-9-12-4-3-7-19-15(12)11-5-6-13(16)14(17)8-11/h5-6,8,10,12,15,18H,3-4,7,9H2,1-2H3. The van der Waals surface area contributed by atoms with Gasteiger partial charge in [0.1, 0.15) is 0 Å².